The van der Waals surface area contributed by atoms with Crippen molar-refractivity contribution < 1.29 is 58.7 Å². The summed E-state index contributed by atoms with van der Waals surface area (Å²) in [6, 6.07) is 0. The van der Waals surface area contributed by atoms with Gasteiger partial charge in [-0.3, -0.25) is 9.98 Å². The molecular weight excluding hydrogens is 845 g/mol. The van der Waals surface area contributed by atoms with Crippen LogP contribution in [0.1, 0.15) is 122 Å². The Kier molecular flexibility index (Phi) is 38.1. The first-order valence-corrected chi connectivity index (χ1v) is 24.6. The van der Waals surface area contributed by atoms with Gasteiger partial charge in [-0.25, -0.2) is 0 Å². The second-order valence-electron chi connectivity index (χ2n) is 18.1. The number of methoxy groups -OCH3 is 6. The third-order valence-corrected chi connectivity index (χ3v) is 16.4. The maximum absolute atomic E-state index is 9.76. The first kappa shape index (κ1) is 63.3. The van der Waals surface area contributed by atoms with Crippen LogP contribution in [0, 0.1) is 0 Å². The average molecular weight is 936 g/mol. The van der Waals surface area contributed by atoms with Gasteiger partial charge in [0.25, 0.3) is 0 Å². The molecule has 1 radical (unpaired) electrons. The van der Waals surface area contributed by atoms with Crippen molar-refractivity contribution in [3.63, 3.8) is 0 Å². The summed E-state index contributed by atoms with van der Waals surface area (Å²) in [6.07, 6.45) is 21.4. The molecule has 0 aliphatic heterocycles. The van der Waals surface area contributed by atoms with Crippen LogP contribution in [-0.2, 0) is 48.5 Å². The van der Waals surface area contributed by atoms with Crippen molar-refractivity contribution in [1.82, 2.24) is 0 Å². The van der Waals surface area contributed by atoms with E-state index in [9.17, 15) is 10.2 Å². The van der Waals surface area contributed by atoms with E-state index in [1.807, 2.05) is 42.7 Å². The van der Waals surface area contributed by atoms with Crippen LogP contribution in [0.2, 0.25) is 0 Å². The quantitative estimate of drug-likeness (QED) is 0.0319. The summed E-state index contributed by atoms with van der Waals surface area (Å²) >= 11 is 0. The van der Waals surface area contributed by atoms with E-state index in [1.165, 1.54) is 61.6 Å². The molecule has 13 heteroatoms. The molecule has 0 aromatic heterocycles. The van der Waals surface area contributed by atoms with Crippen LogP contribution in [0.3, 0.4) is 0 Å². The Morgan fingerprint density at radius 1 is 0.386 bits per heavy atom. The van der Waals surface area contributed by atoms with Gasteiger partial charge in [0, 0.05) is 130 Å². The minimum Gasteiger partial charge on any atom is -0.878 e. The van der Waals surface area contributed by atoms with Crippen molar-refractivity contribution in [2.75, 3.05) is 92.7 Å². The Balaban J connectivity index is -0.000000383. The molecule has 0 aliphatic carbocycles. The van der Waals surface area contributed by atoms with Crippen molar-refractivity contribution >= 4 is 28.3 Å². The topological polar surface area (TPSA) is 126 Å². The molecule has 0 spiro atoms. The molecule has 0 rings (SSSR count). The van der Waals surface area contributed by atoms with Crippen molar-refractivity contribution in [2.24, 2.45) is 9.98 Å². The molecule has 0 fully saturated rings. The molecular formula is C44H90N2O8P2Tc. The summed E-state index contributed by atoms with van der Waals surface area (Å²) in [5.41, 5.74) is -0.0627. The van der Waals surface area contributed by atoms with Crippen LogP contribution in [0.15, 0.2) is 34.7 Å². The van der Waals surface area contributed by atoms with Crippen LogP contribution in [0.5, 0.6) is 0 Å². The molecule has 0 saturated carbocycles. The molecule has 0 aliphatic rings. The monoisotopic (exact) mass is 936 g/mol. The van der Waals surface area contributed by atoms with Crippen LogP contribution < -0.4 is 10.2 Å². The zero-order chi connectivity index (χ0) is 44.0. The number of hydrogen-bond acceptors (Lipinski definition) is 10. The molecule has 0 amide bonds. The van der Waals surface area contributed by atoms with Crippen molar-refractivity contribution in [2.45, 2.75) is 155 Å². The summed E-state index contributed by atoms with van der Waals surface area (Å²) in [5.74, 6) is 0. The second kappa shape index (κ2) is 34.3. The van der Waals surface area contributed by atoms with E-state index >= 15 is 0 Å². The average Bonchev–Trinajstić information content (AvgIpc) is 3.15. The predicted octanol–water partition coefficient (Wildman–Crippen LogP) is 8.17. The van der Waals surface area contributed by atoms with E-state index in [2.05, 4.69) is 93.1 Å². The summed E-state index contributed by atoms with van der Waals surface area (Å²) in [6.45, 7) is 27.3. The molecule has 57 heavy (non-hydrogen) atoms. The maximum Gasteiger partial charge on any atom is 0.0657 e. The van der Waals surface area contributed by atoms with Crippen LogP contribution in [-0.4, -0.2) is 139 Å². The molecule has 0 N–H and O–H groups in total. The summed E-state index contributed by atoms with van der Waals surface area (Å²) in [7, 11) is 10.1. The van der Waals surface area contributed by atoms with Gasteiger partial charge in [-0.1, -0.05) is 12.2 Å². The number of aliphatic imine (C=N–C) groups is 2. The SMILES string of the molecule is COC(C)(C)CC[PH+](CCC(C)(C)OC)CCC(C)(C)OC.COC(C)(C)CC[PH+](CCC(C)(C)OC)CCC(C)(C)OC.[99Tc].[O-]/C=C\C=NCCN=C/C=C\[O-]. The number of nitrogens with zero attached hydrogens (tertiary/aromatic N) is 2. The van der Waals surface area contributed by atoms with Gasteiger partial charge in [0.15, 0.2) is 0 Å². The van der Waals surface area contributed by atoms with Gasteiger partial charge in [0.2, 0.25) is 0 Å². The number of allylic oxidation sites excluding steroid dienone is 2. The molecule has 0 bridgehead atoms. The van der Waals surface area contributed by atoms with Crippen molar-refractivity contribution in [3.8, 4) is 0 Å². The Morgan fingerprint density at radius 3 is 0.702 bits per heavy atom. The fourth-order valence-electron chi connectivity index (χ4n) is 4.69. The Labute approximate surface area is 368 Å². The third kappa shape index (κ3) is 40.8. The first-order chi connectivity index (χ1) is 25.8. The fraction of sp³-hybridized carbons (Fsp3) is 0.864. The first-order valence-electron chi connectivity index (χ1n) is 20.4. The van der Waals surface area contributed by atoms with Crippen LogP contribution in [0.4, 0.5) is 0 Å². The molecule has 341 valence electrons. The van der Waals surface area contributed by atoms with Gasteiger partial charge < -0.3 is 38.6 Å². The van der Waals surface area contributed by atoms with E-state index in [-0.39, 0.29) is 53.7 Å². The minimum atomic E-state index is -0.413. The van der Waals surface area contributed by atoms with Gasteiger partial charge in [0.05, 0.1) is 83.7 Å². The Bertz CT molecular complexity index is 890. The molecule has 0 heterocycles. The van der Waals surface area contributed by atoms with E-state index in [0.717, 1.165) is 38.5 Å². The van der Waals surface area contributed by atoms with Crippen LogP contribution >= 0.6 is 15.8 Å². The standard InChI is InChI=1S/2C18H39O3P.C8H12N2O2.Tc/c2*1-16(2,19-7)10-13-22(14-11-17(3,4)20-8)15-12-18(5,6)21-9;11-7-1-3-9-5-6-10-4-2-8-12;/h2*10-15H2,1-9H3;1-4,7-8,11-12H,5-6H2;/b;;7-1-,8-2-,9-3?,10-4?;/i;;;1+1. The van der Waals surface area contributed by atoms with Crippen molar-refractivity contribution in [3.05, 3.63) is 24.7 Å². The molecule has 0 atom stereocenters. The van der Waals surface area contributed by atoms with E-state index in [0.29, 0.717) is 25.6 Å². The molecule has 0 aromatic carbocycles. The second-order valence-corrected chi connectivity index (χ2v) is 24.1. The van der Waals surface area contributed by atoms with Gasteiger partial charge in [-0.15, -0.1) is 12.5 Å². The van der Waals surface area contributed by atoms with Crippen LogP contribution in [0.25, 0.3) is 0 Å². The van der Waals surface area contributed by atoms with Gasteiger partial charge >= 0.3 is 0 Å². The van der Waals surface area contributed by atoms with E-state index in [1.54, 1.807) is 0 Å². The minimum absolute atomic E-state index is 0. The normalized spacial score (nSPS) is 13.5. The largest absolute Gasteiger partial charge is 0.878 e. The number of ether oxygens (including phenoxy) is 6. The number of rotatable bonds is 29. The maximum atomic E-state index is 9.76. The van der Waals surface area contributed by atoms with Gasteiger partial charge in [-0.2, -0.15) is 0 Å². The zero-order valence-electron chi connectivity index (χ0n) is 39.9. The Morgan fingerprint density at radius 2 is 0.561 bits per heavy atom. The van der Waals surface area contributed by atoms with Crippen molar-refractivity contribution in [1.29, 1.82) is 0 Å². The van der Waals surface area contributed by atoms with E-state index < -0.39 is 15.8 Å². The fourth-order valence-corrected chi connectivity index (χ4v) is 11.9. The van der Waals surface area contributed by atoms with E-state index in [4.69, 9.17) is 28.4 Å². The predicted molar refractivity (Wildman–Crippen MR) is 245 cm³/mol. The van der Waals surface area contributed by atoms with Gasteiger partial charge in [-0.05, 0) is 83.1 Å². The number of hydrogen-bond donors (Lipinski definition) is 0. The van der Waals surface area contributed by atoms with Gasteiger partial charge in [0.1, 0.15) is 0 Å². The molecule has 0 unspecified atom stereocenters. The third-order valence-electron chi connectivity index (χ3n) is 10.7. The molecule has 0 aromatic rings. The zero-order valence-corrected chi connectivity index (χ0v) is 43.8. The Hall–Kier alpha value is -0.311. The molecule has 10 nitrogen and oxygen atoms in total. The molecule has 0 saturated heterocycles. The smallest absolute Gasteiger partial charge is 0.0657 e. The summed E-state index contributed by atoms with van der Waals surface area (Å²) in [4.78, 5) is 7.66. The summed E-state index contributed by atoms with van der Waals surface area (Å²) in [5, 5.41) is 19.5. The summed E-state index contributed by atoms with van der Waals surface area (Å²) < 4.78 is 33.5.